The Morgan fingerprint density at radius 3 is 2.57 bits per heavy atom. The van der Waals surface area contributed by atoms with Gasteiger partial charge in [-0.3, -0.25) is 9.69 Å². The average Bonchev–Trinajstić information content (AvgIpc) is 3.32. The Balaban J connectivity index is 1.09. The monoisotopic (exact) mass is 506 g/mol. The number of carbonyl (C=O) groups is 1. The van der Waals surface area contributed by atoms with Gasteiger partial charge < -0.3 is 19.9 Å². The molecule has 10 nitrogen and oxygen atoms in total. The number of likely N-dealkylation sites (N-methyl/N-ethyl adjacent to an activating group) is 1. The summed E-state index contributed by atoms with van der Waals surface area (Å²) in [7, 11) is 3.84. The van der Waals surface area contributed by atoms with Crippen molar-refractivity contribution in [1.82, 2.24) is 34.9 Å². The molecule has 37 heavy (non-hydrogen) atoms. The number of hydrogen-bond donors (Lipinski definition) is 1. The smallest absolute Gasteiger partial charge is 0.220 e. The number of methoxy groups -OCH3 is 1. The molecular formula is C27H38N8O2. The Morgan fingerprint density at radius 1 is 1.05 bits per heavy atom. The third kappa shape index (κ3) is 6.19. The summed E-state index contributed by atoms with van der Waals surface area (Å²) in [4.78, 5) is 19.8. The molecule has 0 radical (unpaired) electrons. The van der Waals surface area contributed by atoms with Crippen LogP contribution in [0.4, 0.5) is 5.82 Å². The number of nitrogens with one attached hydrogen (secondary N) is 1. The maximum Gasteiger partial charge on any atom is 0.220 e. The number of piperazine rings is 1. The molecule has 1 amide bonds. The molecule has 2 fully saturated rings. The van der Waals surface area contributed by atoms with Gasteiger partial charge in [0.2, 0.25) is 5.91 Å². The Hall–Kier alpha value is -3.24. The second kappa shape index (κ2) is 11.4. The minimum Gasteiger partial charge on any atom is -0.497 e. The minimum absolute atomic E-state index is 0.0661. The van der Waals surface area contributed by atoms with Crippen LogP contribution >= 0.6 is 0 Å². The molecule has 1 N–H and O–H groups in total. The van der Waals surface area contributed by atoms with Crippen LogP contribution in [0.2, 0.25) is 0 Å². The van der Waals surface area contributed by atoms with Crippen LogP contribution in [0, 0.1) is 6.92 Å². The van der Waals surface area contributed by atoms with Gasteiger partial charge in [-0.2, -0.15) is 4.52 Å². The number of aryl methyl sites for hydroxylation is 2. The van der Waals surface area contributed by atoms with Gasteiger partial charge in [0.1, 0.15) is 11.6 Å². The molecule has 10 heteroatoms. The van der Waals surface area contributed by atoms with Crippen LogP contribution in [0.1, 0.15) is 36.2 Å². The number of aromatic nitrogens is 4. The average molecular weight is 507 g/mol. The highest BCUT2D eigenvalue weighted by Gasteiger charge is 2.22. The van der Waals surface area contributed by atoms with E-state index in [1.54, 1.807) is 11.6 Å². The number of ether oxygens (including phenoxy) is 1. The number of rotatable bonds is 8. The molecule has 0 spiro atoms. The van der Waals surface area contributed by atoms with Gasteiger partial charge >= 0.3 is 0 Å². The molecule has 0 atom stereocenters. The van der Waals surface area contributed by atoms with Crippen LogP contribution in [0.5, 0.6) is 5.75 Å². The molecule has 2 aliphatic rings. The Labute approximate surface area is 218 Å². The van der Waals surface area contributed by atoms with Gasteiger partial charge in [-0.15, -0.1) is 15.3 Å². The molecule has 2 saturated heterocycles. The van der Waals surface area contributed by atoms with Crippen LogP contribution in [0.3, 0.4) is 0 Å². The molecule has 5 rings (SSSR count). The molecule has 0 aliphatic carbocycles. The quantitative estimate of drug-likeness (QED) is 0.496. The summed E-state index contributed by atoms with van der Waals surface area (Å²) in [6, 6.07) is 10.4. The molecule has 0 bridgehead atoms. The Morgan fingerprint density at radius 2 is 1.84 bits per heavy atom. The second-order valence-corrected chi connectivity index (χ2v) is 10.3. The minimum atomic E-state index is 0.0661. The molecule has 0 saturated carbocycles. The van der Waals surface area contributed by atoms with Crippen molar-refractivity contribution < 1.29 is 9.53 Å². The maximum atomic E-state index is 12.7. The fraction of sp³-hybridized carbons (Fsp3) is 0.556. The molecule has 2 aromatic heterocycles. The van der Waals surface area contributed by atoms with Crippen molar-refractivity contribution in [1.29, 1.82) is 0 Å². The predicted molar refractivity (Wildman–Crippen MR) is 143 cm³/mol. The van der Waals surface area contributed by atoms with Crippen molar-refractivity contribution in [3.8, 4) is 5.75 Å². The largest absolute Gasteiger partial charge is 0.497 e. The predicted octanol–water partition coefficient (Wildman–Crippen LogP) is 1.91. The van der Waals surface area contributed by atoms with Gasteiger partial charge in [-0.1, -0.05) is 6.07 Å². The Bertz CT molecular complexity index is 1210. The zero-order valence-electron chi connectivity index (χ0n) is 22.2. The van der Waals surface area contributed by atoms with E-state index >= 15 is 0 Å². The van der Waals surface area contributed by atoms with E-state index in [1.807, 2.05) is 18.2 Å². The van der Waals surface area contributed by atoms with Crippen LogP contribution < -0.4 is 15.0 Å². The fourth-order valence-corrected chi connectivity index (χ4v) is 5.16. The number of amides is 1. The van der Waals surface area contributed by atoms with Gasteiger partial charge in [0.05, 0.1) is 7.11 Å². The standard InChI is InChI=1S/C27H38N8O2/c1-20-18-23(37-3)5-4-21(20)19-33-12-10-22(11-13-33)28-27(36)9-8-25-30-29-24-6-7-26(31-35(24)25)34-16-14-32(2)15-17-34/h4-7,18,22H,8-17,19H2,1-3H3,(H,28,36). The summed E-state index contributed by atoms with van der Waals surface area (Å²) in [6.45, 7) is 8.96. The number of piperidine rings is 1. The summed E-state index contributed by atoms with van der Waals surface area (Å²) in [5.74, 6) is 2.62. The number of fused-ring (bicyclic) bond motifs is 1. The third-order valence-electron chi connectivity index (χ3n) is 7.61. The zero-order chi connectivity index (χ0) is 25.8. The fourth-order valence-electron chi connectivity index (χ4n) is 5.16. The lowest BCUT2D eigenvalue weighted by atomic mass is 10.0. The van der Waals surface area contributed by atoms with E-state index in [1.165, 1.54) is 11.1 Å². The van der Waals surface area contributed by atoms with Gasteiger partial charge in [-0.05, 0) is 62.2 Å². The van der Waals surface area contributed by atoms with Crippen molar-refractivity contribution in [2.24, 2.45) is 0 Å². The number of carbonyl (C=O) groups excluding carboxylic acids is 1. The molecule has 1 aromatic carbocycles. The first kappa shape index (κ1) is 25.4. The number of nitrogens with zero attached hydrogens (tertiary/aromatic N) is 7. The first-order chi connectivity index (χ1) is 18.0. The number of benzene rings is 1. The van der Waals surface area contributed by atoms with Crippen LogP contribution in [0.15, 0.2) is 30.3 Å². The van der Waals surface area contributed by atoms with Crippen molar-refractivity contribution >= 4 is 17.4 Å². The maximum absolute atomic E-state index is 12.7. The number of hydrogen-bond acceptors (Lipinski definition) is 8. The second-order valence-electron chi connectivity index (χ2n) is 10.3. The molecule has 0 unspecified atom stereocenters. The molecule has 4 heterocycles. The van der Waals surface area contributed by atoms with Gasteiger partial charge in [0, 0.05) is 64.7 Å². The van der Waals surface area contributed by atoms with Gasteiger partial charge in [0.15, 0.2) is 11.5 Å². The van der Waals surface area contributed by atoms with Crippen LogP contribution in [-0.4, -0.2) is 95.0 Å². The SMILES string of the molecule is COc1ccc(CN2CCC(NC(=O)CCc3nnc4ccc(N5CCN(C)CC5)nn34)CC2)c(C)c1. The summed E-state index contributed by atoms with van der Waals surface area (Å²) >= 11 is 0. The van der Waals surface area contributed by atoms with Crippen LogP contribution in [0.25, 0.3) is 5.65 Å². The molecule has 3 aromatic rings. The molecular weight excluding hydrogens is 468 g/mol. The van der Waals surface area contributed by atoms with Crippen molar-refractivity contribution in [3.05, 3.63) is 47.3 Å². The highest BCUT2D eigenvalue weighted by atomic mass is 16.5. The highest BCUT2D eigenvalue weighted by molar-refractivity contribution is 5.76. The topological polar surface area (TPSA) is 91.1 Å². The first-order valence-corrected chi connectivity index (χ1v) is 13.3. The normalized spacial score (nSPS) is 17.9. The molecule has 198 valence electrons. The summed E-state index contributed by atoms with van der Waals surface area (Å²) in [5.41, 5.74) is 3.29. The van der Waals surface area contributed by atoms with E-state index in [4.69, 9.17) is 9.84 Å². The van der Waals surface area contributed by atoms with Gasteiger partial charge in [-0.25, -0.2) is 0 Å². The van der Waals surface area contributed by atoms with E-state index in [0.29, 0.717) is 18.5 Å². The molecule has 2 aliphatic heterocycles. The van der Waals surface area contributed by atoms with Crippen molar-refractivity contribution in [2.45, 2.75) is 45.2 Å². The number of anilines is 1. The van der Waals surface area contributed by atoms with E-state index in [-0.39, 0.29) is 11.9 Å². The van der Waals surface area contributed by atoms with E-state index in [0.717, 1.165) is 76.0 Å². The van der Waals surface area contributed by atoms with Gasteiger partial charge in [0.25, 0.3) is 0 Å². The van der Waals surface area contributed by atoms with Crippen molar-refractivity contribution in [3.63, 3.8) is 0 Å². The summed E-state index contributed by atoms with van der Waals surface area (Å²) in [5, 5.41) is 16.6. The zero-order valence-corrected chi connectivity index (χ0v) is 22.2. The lowest BCUT2D eigenvalue weighted by molar-refractivity contribution is -0.122. The highest BCUT2D eigenvalue weighted by Crippen LogP contribution is 2.21. The van der Waals surface area contributed by atoms with Crippen LogP contribution in [-0.2, 0) is 17.8 Å². The summed E-state index contributed by atoms with van der Waals surface area (Å²) in [6.07, 6.45) is 2.82. The lowest BCUT2D eigenvalue weighted by Crippen LogP contribution is -2.45. The third-order valence-corrected chi connectivity index (χ3v) is 7.61. The van der Waals surface area contributed by atoms with E-state index < -0.39 is 0 Å². The Kier molecular flexibility index (Phi) is 7.85. The van der Waals surface area contributed by atoms with E-state index in [9.17, 15) is 4.79 Å². The van der Waals surface area contributed by atoms with E-state index in [2.05, 4.69) is 56.3 Å². The number of likely N-dealkylation sites (tertiary alicyclic amines) is 1. The summed E-state index contributed by atoms with van der Waals surface area (Å²) < 4.78 is 7.11. The lowest BCUT2D eigenvalue weighted by Gasteiger charge is -2.33. The first-order valence-electron chi connectivity index (χ1n) is 13.3. The van der Waals surface area contributed by atoms with Crippen molar-refractivity contribution in [2.75, 3.05) is 58.3 Å².